The van der Waals surface area contributed by atoms with Crippen LogP contribution < -0.4 is 0 Å². The summed E-state index contributed by atoms with van der Waals surface area (Å²) < 4.78 is 10.8. The Morgan fingerprint density at radius 2 is 2.00 bits per heavy atom. The van der Waals surface area contributed by atoms with E-state index in [9.17, 15) is 15.3 Å². The number of hydrogen-bond acceptors (Lipinski definition) is 5. The molecule has 0 radical (unpaired) electrons. The first-order valence-electron chi connectivity index (χ1n) is 7.55. The fraction of sp³-hybridized carbons (Fsp3) is 0.867. The molecule has 0 aromatic carbocycles. The number of hydrogen-bond donors (Lipinski definition) is 3. The van der Waals surface area contributed by atoms with Crippen molar-refractivity contribution in [2.75, 3.05) is 19.8 Å². The van der Waals surface area contributed by atoms with Crippen LogP contribution in [0.2, 0.25) is 0 Å². The Balaban J connectivity index is 2.15. The van der Waals surface area contributed by atoms with Gasteiger partial charge in [-0.3, -0.25) is 0 Å². The fourth-order valence-electron chi connectivity index (χ4n) is 2.24. The van der Waals surface area contributed by atoms with Gasteiger partial charge in [-0.15, -0.1) is 0 Å². The Hall–Kier alpha value is -0.460. The Morgan fingerprint density at radius 3 is 2.60 bits per heavy atom. The summed E-state index contributed by atoms with van der Waals surface area (Å²) in [5.74, 6) is 0. The van der Waals surface area contributed by atoms with Crippen molar-refractivity contribution in [1.29, 1.82) is 0 Å². The number of unbranched alkanes of at least 4 members (excludes halogenated alkanes) is 3. The molecule has 20 heavy (non-hydrogen) atoms. The van der Waals surface area contributed by atoms with E-state index in [0.29, 0.717) is 6.61 Å². The topological polar surface area (TPSA) is 79.2 Å². The van der Waals surface area contributed by atoms with Gasteiger partial charge in [0.15, 0.2) is 0 Å². The first-order valence-corrected chi connectivity index (χ1v) is 7.55. The van der Waals surface area contributed by atoms with Gasteiger partial charge in [0, 0.05) is 0 Å². The molecule has 4 atom stereocenters. The Bertz CT molecular complexity index is 269. The van der Waals surface area contributed by atoms with E-state index in [2.05, 4.69) is 19.1 Å². The number of allylic oxidation sites excluding steroid dienone is 1. The molecule has 118 valence electrons. The fourth-order valence-corrected chi connectivity index (χ4v) is 2.24. The minimum absolute atomic E-state index is 0.0863. The average Bonchev–Trinajstić information content (AvgIpc) is 2.78. The van der Waals surface area contributed by atoms with Crippen molar-refractivity contribution >= 4 is 0 Å². The lowest BCUT2D eigenvalue weighted by Gasteiger charge is -2.24. The molecule has 0 bridgehead atoms. The first-order chi connectivity index (χ1) is 9.70. The van der Waals surface area contributed by atoms with Crippen LogP contribution in [0.4, 0.5) is 0 Å². The first kappa shape index (κ1) is 17.6. The van der Waals surface area contributed by atoms with Gasteiger partial charge in [-0.2, -0.15) is 0 Å². The molecule has 1 fully saturated rings. The third kappa shape index (κ3) is 5.89. The minimum atomic E-state index is -0.989. The van der Waals surface area contributed by atoms with Gasteiger partial charge in [0.2, 0.25) is 0 Å². The van der Waals surface area contributed by atoms with Crippen molar-refractivity contribution in [2.45, 2.75) is 63.4 Å². The van der Waals surface area contributed by atoms with E-state index >= 15 is 0 Å². The molecule has 0 saturated carbocycles. The van der Waals surface area contributed by atoms with E-state index in [1.54, 1.807) is 0 Å². The summed E-state index contributed by atoms with van der Waals surface area (Å²) in [5.41, 5.74) is 0. The van der Waals surface area contributed by atoms with E-state index in [-0.39, 0.29) is 13.2 Å². The molecule has 5 nitrogen and oxygen atoms in total. The van der Waals surface area contributed by atoms with E-state index < -0.39 is 24.4 Å². The predicted molar refractivity (Wildman–Crippen MR) is 76.5 cm³/mol. The molecule has 1 aliphatic heterocycles. The second-order valence-corrected chi connectivity index (χ2v) is 5.20. The highest BCUT2D eigenvalue weighted by molar-refractivity contribution is 4.89. The van der Waals surface area contributed by atoms with Gasteiger partial charge in [-0.05, 0) is 19.3 Å². The largest absolute Gasteiger partial charge is 0.394 e. The maximum atomic E-state index is 9.70. The zero-order chi connectivity index (χ0) is 14.8. The van der Waals surface area contributed by atoms with Gasteiger partial charge in [-0.25, -0.2) is 0 Å². The van der Waals surface area contributed by atoms with E-state index in [0.717, 1.165) is 12.8 Å². The molecule has 0 unspecified atom stereocenters. The van der Waals surface area contributed by atoms with Crippen molar-refractivity contribution in [3.8, 4) is 0 Å². The molecule has 0 amide bonds. The molecular formula is C15H28O5. The van der Waals surface area contributed by atoms with Gasteiger partial charge < -0.3 is 24.8 Å². The molecule has 0 aliphatic carbocycles. The summed E-state index contributed by atoms with van der Waals surface area (Å²) >= 11 is 0. The zero-order valence-corrected chi connectivity index (χ0v) is 12.3. The van der Waals surface area contributed by atoms with Gasteiger partial charge >= 0.3 is 0 Å². The molecule has 0 spiro atoms. The average molecular weight is 288 g/mol. The lowest BCUT2D eigenvalue weighted by Crippen LogP contribution is -2.42. The van der Waals surface area contributed by atoms with E-state index in [1.165, 1.54) is 19.3 Å². The van der Waals surface area contributed by atoms with Crippen molar-refractivity contribution in [3.63, 3.8) is 0 Å². The standard InChI is InChI=1S/C15H28O5/c1-2-3-4-5-6-7-8-9-19-13(10-16)15-14(18)12(17)11-20-15/h6-7,12-18H,2-5,8-11H2,1H3/b7-6+/t12-,13+,14-,15-/m0/s1. The van der Waals surface area contributed by atoms with Crippen molar-refractivity contribution in [1.82, 2.24) is 0 Å². The summed E-state index contributed by atoms with van der Waals surface area (Å²) in [7, 11) is 0. The number of ether oxygens (including phenoxy) is 2. The number of rotatable bonds is 10. The van der Waals surface area contributed by atoms with Gasteiger partial charge in [-0.1, -0.05) is 31.9 Å². The van der Waals surface area contributed by atoms with Crippen LogP contribution in [0.3, 0.4) is 0 Å². The Labute approximate surface area is 121 Å². The highest BCUT2D eigenvalue weighted by Gasteiger charge is 2.40. The van der Waals surface area contributed by atoms with Crippen LogP contribution in [0, 0.1) is 0 Å². The van der Waals surface area contributed by atoms with E-state index in [1.807, 2.05) is 0 Å². The van der Waals surface area contributed by atoms with Gasteiger partial charge in [0.25, 0.3) is 0 Å². The van der Waals surface area contributed by atoms with Crippen LogP contribution in [0.25, 0.3) is 0 Å². The van der Waals surface area contributed by atoms with Crippen molar-refractivity contribution in [2.24, 2.45) is 0 Å². The van der Waals surface area contributed by atoms with Crippen LogP contribution in [-0.4, -0.2) is 59.6 Å². The van der Waals surface area contributed by atoms with Crippen molar-refractivity contribution in [3.05, 3.63) is 12.2 Å². The smallest absolute Gasteiger partial charge is 0.114 e. The summed E-state index contributed by atoms with van der Waals surface area (Å²) in [6.07, 6.45) is 6.67. The third-order valence-electron chi connectivity index (χ3n) is 3.49. The maximum absolute atomic E-state index is 9.70. The third-order valence-corrected chi connectivity index (χ3v) is 3.49. The predicted octanol–water partition coefficient (Wildman–Crippen LogP) is 1.01. The molecule has 1 aliphatic rings. The van der Waals surface area contributed by atoms with Crippen LogP contribution >= 0.6 is 0 Å². The summed E-state index contributed by atoms with van der Waals surface area (Å²) in [6, 6.07) is 0. The highest BCUT2D eigenvalue weighted by Crippen LogP contribution is 2.19. The van der Waals surface area contributed by atoms with Crippen LogP contribution in [0.1, 0.15) is 39.0 Å². The molecular weight excluding hydrogens is 260 g/mol. The Kier molecular flexibility index (Phi) is 9.05. The summed E-state index contributed by atoms with van der Waals surface area (Å²) in [6.45, 7) is 2.51. The number of aliphatic hydroxyl groups excluding tert-OH is 3. The summed E-state index contributed by atoms with van der Waals surface area (Å²) in [4.78, 5) is 0. The van der Waals surface area contributed by atoms with Gasteiger partial charge in [0.1, 0.15) is 24.4 Å². The molecule has 0 aromatic heterocycles. The van der Waals surface area contributed by atoms with Crippen molar-refractivity contribution < 1.29 is 24.8 Å². The van der Waals surface area contributed by atoms with Crippen LogP contribution in [0.15, 0.2) is 12.2 Å². The second kappa shape index (κ2) is 10.3. The van der Waals surface area contributed by atoms with Crippen LogP contribution in [0.5, 0.6) is 0 Å². The molecule has 3 N–H and O–H groups in total. The lowest BCUT2D eigenvalue weighted by atomic mass is 10.1. The zero-order valence-electron chi connectivity index (χ0n) is 12.3. The number of aliphatic hydroxyl groups is 3. The molecule has 0 aromatic rings. The van der Waals surface area contributed by atoms with E-state index in [4.69, 9.17) is 9.47 Å². The Morgan fingerprint density at radius 1 is 1.25 bits per heavy atom. The molecule has 1 heterocycles. The molecule has 1 rings (SSSR count). The highest BCUT2D eigenvalue weighted by atomic mass is 16.6. The second-order valence-electron chi connectivity index (χ2n) is 5.20. The lowest BCUT2D eigenvalue weighted by molar-refractivity contribution is -0.0996. The monoisotopic (exact) mass is 288 g/mol. The molecule has 1 saturated heterocycles. The van der Waals surface area contributed by atoms with Gasteiger partial charge in [0.05, 0.1) is 19.8 Å². The minimum Gasteiger partial charge on any atom is -0.394 e. The summed E-state index contributed by atoms with van der Waals surface area (Å²) in [5, 5.41) is 28.4. The maximum Gasteiger partial charge on any atom is 0.114 e. The SMILES string of the molecule is CCCCC/C=C/CCO[C@H](CO)[C@@H]1OC[C@H](O)[C@@H]1O. The van der Waals surface area contributed by atoms with Crippen LogP contribution in [-0.2, 0) is 9.47 Å². The quantitative estimate of drug-likeness (QED) is 0.413. The normalized spacial score (nSPS) is 28.3. The molecule has 5 heteroatoms.